The smallest absolute Gasteiger partial charge is 0.243 e. The maximum absolute atomic E-state index is 13.5. The minimum Gasteiger partial charge on any atom is -0.303 e. The monoisotopic (exact) mass is 381 g/mol. The predicted molar refractivity (Wildman–Crippen MR) is 97.0 cm³/mol. The molecule has 4 rings (SSSR count). The predicted octanol–water partition coefficient (Wildman–Crippen LogP) is 4.03. The molecule has 136 valence electrons. The van der Waals surface area contributed by atoms with E-state index < -0.39 is 10.0 Å². The van der Waals surface area contributed by atoms with Crippen molar-refractivity contribution in [3.05, 3.63) is 29.3 Å². The van der Waals surface area contributed by atoms with E-state index in [0.29, 0.717) is 22.3 Å². The Morgan fingerprint density at radius 1 is 1.12 bits per heavy atom. The summed E-state index contributed by atoms with van der Waals surface area (Å²) in [6.45, 7) is 0. The lowest BCUT2D eigenvalue weighted by molar-refractivity contribution is -0.109. The fourth-order valence-corrected chi connectivity index (χ4v) is 6.73. The van der Waals surface area contributed by atoms with Crippen molar-refractivity contribution >= 4 is 27.9 Å². The number of piperidine rings is 1. The summed E-state index contributed by atoms with van der Waals surface area (Å²) in [5.74, 6) is 0.483. The molecule has 2 atom stereocenters. The SMILES string of the molecule is O=CCC1([C@@H]2CCC[C@H](C3CC3)N2S(=O)(=O)c2ccc(Cl)cc2)CC1. The van der Waals surface area contributed by atoms with Crippen molar-refractivity contribution < 1.29 is 13.2 Å². The lowest BCUT2D eigenvalue weighted by Crippen LogP contribution is -2.54. The third kappa shape index (κ3) is 3.15. The van der Waals surface area contributed by atoms with Crippen molar-refractivity contribution in [1.29, 1.82) is 0 Å². The second kappa shape index (κ2) is 6.36. The molecule has 0 amide bonds. The molecule has 0 unspecified atom stereocenters. The van der Waals surface area contributed by atoms with Crippen molar-refractivity contribution in [2.24, 2.45) is 11.3 Å². The summed E-state index contributed by atoms with van der Waals surface area (Å²) >= 11 is 5.94. The van der Waals surface area contributed by atoms with E-state index in [9.17, 15) is 13.2 Å². The summed E-state index contributed by atoms with van der Waals surface area (Å²) in [7, 11) is -3.58. The third-order valence-corrected chi connectivity index (χ3v) is 8.46. The molecule has 0 N–H and O–H groups in total. The Balaban J connectivity index is 1.74. The summed E-state index contributed by atoms with van der Waals surface area (Å²) in [5.41, 5.74) is -0.130. The highest BCUT2D eigenvalue weighted by Gasteiger charge is 2.57. The topological polar surface area (TPSA) is 54.5 Å². The van der Waals surface area contributed by atoms with Gasteiger partial charge in [0, 0.05) is 23.5 Å². The Kier molecular flexibility index (Phi) is 4.45. The average molecular weight is 382 g/mol. The minimum atomic E-state index is -3.58. The fraction of sp³-hybridized carbons (Fsp3) is 0.632. The van der Waals surface area contributed by atoms with Gasteiger partial charge in [0.05, 0.1) is 4.90 Å². The molecule has 0 bridgehead atoms. The van der Waals surface area contributed by atoms with Crippen LogP contribution >= 0.6 is 11.6 Å². The Morgan fingerprint density at radius 3 is 2.36 bits per heavy atom. The number of rotatable bonds is 6. The third-order valence-electron chi connectivity index (χ3n) is 6.26. The molecule has 1 aromatic carbocycles. The first-order valence-electron chi connectivity index (χ1n) is 9.21. The number of nitrogens with zero attached hydrogens (tertiary/aromatic N) is 1. The molecule has 4 nitrogen and oxygen atoms in total. The zero-order valence-electron chi connectivity index (χ0n) is 14.2. The van der Waals surface area contributed by atoms with Gasteiger partial charge >= 0.3 is 0 Å². The van der Waals surface area contributed by atoms with Crippen molar-refractivity contribution in [2.75, 3.05) is 0 Å². The number of carbonyl (C=O) groups excluding carboxylic acids is 1. The molecule has 1 saturated heterocycles. The molecule has 0 radical (unpaired) electrons. The van der Waals surface area contributed by atoms with Crippen LogP contribution in [0, 0.1) is 11.3 Å². The molecule has 2 saturated carbocycles. The largest absolute Gasteiger partial charge is 0.303 e. The van der Waals surface area contributed by atoms with Gasteiger partial charge in [0.25, 0.3) is 0 Å². The molecule has 2 aliphatic carbocycles. The standard InChI is InChI=1S/C19H24ClNO3S/c20-15-6-8-16(9-7-15)25(23,24)21-17(14-4-5-14)2-1-3-18(21)19(10-11-19)12-13-22/h6-9,13-14,17-18H,1-5,10-12H2/t17-,18+/m1/s1. The van der Waals surface area contributed by atoms with Crippen LogP contribution in [0.5, 0.6) is 0 Å². The molecule has 3 fully saturated rings. The minimum absolute atomic E-state index is 0.0438. The van der Waals surface area contributed by atoms with E-state index >= 15 is 0 Å². The van der Waals surface area contributed by atoms with E-state index in [-0.39, 0.29) is 17.5 Å². The van der Waals surface area contributed by atoms with Gasteiger partial charge in [-0.15, -0.1) is 0 Å². The van der Waals surface area contributed by atoms with Crippen LogP contribution in [-0.4, -0.2) is 31.1 Å². The van der Waals surface area contributed by atoms with Crippen molar-refractivity contribution in [3.8, 4) is 0 Å². The Hall–Kier alpha value is -0.910. The first kappa shape index (κ1) is 17.5. The summed E-state index contributed by atoms with van der Waals surface area (Å²) in [6.07, 6.45) is 8.45. The number of halogens is 1. The molecule has 1 heterocycles. The highest BCUT2D eigenvalue weighted by atomic mass is 35.5. The molecule has 1 aromatic rings. The van der Waals surface area contributed by atoms with Gasteiger partial charge in [0.1, 0.15) is 6.29 Å². The number of hydrogen-bond acceptors (Lipinski definition) is 3. The van der Waals surface area contributed by atoms with Crippen LogP contribution < -0.4 is 0 Å². The molecule has 0 spiro atoms. The zero-order chi connectivity index (χ0) is 17.7. The first-order chi connectivity index (χ1) is 12.0. The van der Waals surface area contributed by atoms with Gasteiger partial charge in [-0.2, -0.15) is 4.31 Å². The lowest BCUT2D eigenvalue weighted by Gasteiger charge is -2.45. The first-order valence-corrected chi connectivity index (χ1v) is 11.0. The number of hydrogen-bond donors (Lipinski definition) is 0. The van der Waals surface area contributed by atoms with Crippen LogP contribution in [0.3, 0.4) is 0 Å². The maximum Gasteiger partial charge on any atom is 0.243 e. The highest BCUT2D eigenvalue weighted by molar-refractivity contribution is 7.89. The lowest BCUT2D eigenvalue weighted by atomic mass is 9.84. The summed E-state index contributed by atoms with van der Waals surface area (Å²) < 4.78 is 28.9. The van der Waals surface area contributed by atoms with Gasteiger partial charge in [-0.25, -0.2) is 8.42 Å². The van der Waals surface area contributed by atoms with E-state index in [0.717, 1.165) is 51.2 Å². The van der Waals surface area contributed by atoms with Crippen LogP contribution in [0.1, 0.15) is 51.4 Å². The summed E-state index contributed by atoms with van der Waals surface area (Å²) in [5, 5.41) is 0.535. The summed E-state index contributed by atoms with van der Waals surface area (Å²) in [4.78, 5) is 11.5. The van der Waals surface area contributed by atoms with Gasteiger partial charge in [-0.3, -0.25) is 0 Å². The Morgan fingerprint density at radius 2 is 1.80 bits per heavy atom. The maximum atomic E-state index is 13.5. The Bertz CT molecular complexity index is 753. The fourth-order valence-electron chi connectivity index (χ4n) is 4.58. The number of aldehydes is 1. The van der Waals surface area contributed by atoms with E-state index in [1.165, 1.54) is 0 Å². The normalized spacial score (nSPS) is 29.3. The second-order valence-electron chi connectivity index (χ2n) is 7.87. The molecular weight excluding hydrogens is 358 g/mol. The molecule has 25 heavy (non-hydrogen) atoms. The second-order valence-corrected chi connectivity index (χ2v) is 10.2. The Labute approximate surface area is 154 Å². The van der Waals surface area contributed by atoms with Crippen molar-refractivity contribution in [1.82, 2.24) is 4.31 Å². The number of sulfonamides is 1. The highest BCUT2D eigenvalue weighted by Crippen LogP contribution is 2.58. The van der Waals surface area contributed by atoms with Gasteiger partial charge in [0.15, 0.2) is 0 Å². The van der Waals surface area contributed by atoms with Crippen molar-refractivity contribution in [3.63, 3.8) is 0 Å². The van der Waals surface area contributed by atoms with Crippen LogP contribution in [0.15, 0.2) is 29.2 Å². The average Bonchev–Trinajstić information content (AvgIpc) is 3.50. The van der Waals surface area contributed by atoms with Gasteiger partial charge in [-0.1, -0.05) is 18.0 Å². The van der Waals surface area contributed by atoms with E-state index in [1.807, 2.05) is 4.31 Å². The number of carbonyl (C=O) groups is 1. The van der Waals surface area contributed by atoms with Crippen LogP contribution in [-0.2, 0) is 14.8 Å². The quantitative estimate of drug-likeness (QED) is 0.699. The van der Waals surface area contributed by atoms with Gasteiger partial charge in [0.2, 0.25) is 10.0 Å². The molecule has 0 aromatic heterocycles. The molecule has 1 aliphatic heterocycles. The van der Waals surface area contributed by atoms with Crippen LogP contribution in [0.25, 0.3) is 0 Å². The molecule has 6 heteroatoms. The molecule has 3 aliphatic rings. The molecular formula is C19H24ClNO3S. The van der Waals surface area contributed by atoms with Crippen LogP contribution in [0.4, 0.5) is 0 Å². The number of benzene rings is 1. The van der Waals surface area contributed by atoms with Gasteiger partial charge in [-0.05, 0) is 74.1 Å². The van der Waals surface area contributed by atoms with Crippen molar-refractivity contribution in [2.45, 2.75) is 68.3 Å². The van der Waals surface area contributed by atoms with E-state index in [4.69, 9.17) is 11.6 Å². The van der Waals surface area contributed by atoms with Gasteiger partial charge < -0.3 is 4.79 Å². The van der Waals surface area contributed by atoms with E-state index in [1.54, 1.807) is 24.3 Å². The summed E-state index contributed by atoms with van der Waals surface area (Å²) in [6, 6.07) is 6.52. The zero-order valence-corrected chi connectivity index (χ0v) is 15.8. The van der Waals surface area contributed by atoms with E-state index in [2.05, 4.69) is 0 Å². The van der Waals surface area contributed by atoms with Crippen LogP contribution in [0.2, 0.25) is 5.02 Å².